The largest absolute Gasteiger partial charge is 0.330 e. The number of nitrogens with one attached hydrogen (secondary N) is 1. The molecule has 1 aliphatic carbocycles. The Morgan fingerprint density at radius 1 is 1.28 bits per heavy atom. The van der Waals surface area contributed by atoms with Gasteiger partial charge in [0.25, 0.3) is 0 Å². The number of nitrogens with two attached hydrogens (primary N) is 1. The lowest BCUT2D eigenvalue weighted by atomic mass is 9.65. The highest BCUT2D eigenvalue weighted by Gasteiger charge is 2.35. The third-order valence-corrected chi connectivity index (χ3v) is 4.49. The van der Waals surface area contributed by atoms with E-state index in [1.165, 1.54) is 30.4 Å². The molecule has 0 unspecified atom stereocenters. The van der Waals surface area contributed by atoms with Gasteiger partial charge >= 0.3 is 0 Å². The van der Waals surface area contributed by atoms with Crippen LogP contribution in [0.15, 0.2) is 18.2 Å². The number of rotatable bonds is 3. The minimum atomic E-state index is 0.132. The highest BCUT2D eigenvalue weighted by molar-refractivity contribution is 5.93. The zero-order chi connectivity index (χ0) is 12.6. The molecule has 3 heteroatoms. The summed E-state index contributed by atoms with van der Waals surface area (Å²) < 4.78 is 0. The zero-order valence-corrected chi connectivity index (χ0v) is 10.7. The van der Waals surface area contributed by atoms with Gasteiger partial charge in [-0.2, -0.15) is 0 Å². The Morgan fingerprint density at radius 2 is 2.11 bits per heavy atom. The average Bonchev–Trinajstić information content (AvgIpc) is 2.34. The molecule has 0 spiro atoms. The van der Waals surface area contributed by atoms with Crippen molar-refractivity contribution in [1.29, 1.82) is 0 Å². The first kappa shape index (κ1) is 11.7. The Kier molecular flexibility index (Phi) is 2.86. The Labute approximate surface area is 108 Å². The Hall–Kier alpha value is -1.35. The van der Waals surface area contributed by atoms with Gasteiger partial charge in [-0.1, -0.05) is 18.6 Å². The first-order valence-electron chi connectivity index (χ1n) is 6.83. The number of anilines is 1. The molecule has 0 radical (unpaired) electrons. The normalized spacial score (nSPS) is 20.8. The van der Waals surface area contributed by atoms with Crippen LogP contribution >= 0.6 is 0 Å². The third kappa shape index (κ3) is 2.03. The van der Waals surface area contributed by atoms with Gasteiger partial charge in [-0.05, 0) is 54.8 Å². The van der Waals surface area contributed by atoms with Crippen molar-refractivity contribution in [3.8, 4) is 0 Å². The summed E-state index contributed by atoms with van der Waals surface area (Å²) in [4.78, 5) is 11.3. The number of carbonyl (C=O) groups excluding carboxylic acids is 1. The van der Waals surface area contributed by atoms with Crippen LogP contribution in [0.2, 0.25) is 0 Å². The number of amides is 1. The van der Waals surface area contributed by atoms with E-state index in [0.29, 0.717) is 11.8 Å². The molecule has 0 atom stereocenters. The molecule has 1 aromatic carbocycles. The molecule has 0 bridgehead atoms. The number of hydrogen-bond donors (Lipinski definition) is 2. The maximum Gasteiger partial charge on any atom is 0.224 e. The van der Waals surface area contributed by atoms with E-state index in [0.717, 1.165) is 25.1 Å². The molecule has 18 heavy (non-hydrogen) atoms. The van der Waals surface area contributed by atoms with Crippen LogP contribution in [0.1, 0.15) is 36.8 Å². The fourth-order valence-electron chi connectivity index (χ4n) is 3.11. The number of aryl methyl sites for hydroxylation is 1. The second-order valence-electron chi connectivity index (χ2n) is 5.77. The Balaban J connectivity index is 1.80. The summed E-state index contributed by atoms with van der Waals surface area (Å²) in [6.45, 7) is 0.792. The topological polar surface area (TPSA) is 55.1 Å². The number of hydrogen-bond acceptors (Lipinski definition) is 2. The first-order chi connectivity index (χ1) is 8.71. The van der Waals surface area contributed by atoms with Crippen LogP contribution in [0, 0.1) is 5.41 Å². The highest BCUT2D eigenvalue weighted by atomic mass is 16.1. The maximum absolute atomic E-state index is 11.3. The quantitative estimate of drug-likeness (QED) is 0.856. The second kappa shape index (κ2) is 4.39. The average molecular weight is 244 g/mol. The summed E-state index contributed by atoms with van der Waals surface area (Å²) in [5, 5.41) is 2.93. The molecule has 96 valence electrons. The van der Waals surface area contributed by atoms with Gasteiger partial charge in [0.05, 0.1) is 0 Å². The predicted molar refractivity (Wildman–Crippen MR) is 72.4 cm³/mol. The van der Waals surface area contributed by atoms with Crippen molar-refractivity contribution < 1.29 is 4.79 Å². The van der Waals surface area contributed by atoms with Crippen molar-refractivity contribution in [3.05, 3.63) is 29.3 Å². The number of benzene rings is 1. The summed E-state index contributed by atoms with van der Waals surface area (Å²) >= 11 is 0. The minimum absolute atomic E-state index is 0.132. The fourth-order valence-corrected chi connectivity index (χ4v) is 3.11. The van der Waals surface area contributed by atoms with Gasteiger partial charge in [-0.25, -0.2) is 0 Å². The molecule has 3 rings (SSSR count). The standard InChI is InChI=1S/C15H20N2O/c16-10-15(6-1-7-15)9-11-2-4-13-12(8-11)3-5-14(18)17-13/h2,4,8H,1,3,5-7,9-10,16H2,(H,17,18). The molecule has 0 saturated heterocycles. The molecular formula is C15H20N2O. The van der Waals surface area contributed by atoms with Crippen LogP contribution < -0.4 is 11.1 Å². The van der Waals surface area contributed by atoms with E-state index in [-0.39, 0.29) is 5.91 Å². The van der Waals surface area contributed by atoms with E-state index in [1.807, 2.05) is 6.07 Å². The van der Waals surface area contributed by atoms with Crippen LogP contribution in [0.25, 0.3) is 0 Å². The summed E-state index contributed by atoms with van der Waals surface area (Å²) in [5.74, 6) is 0.132. The van der Waals surface area contributed by atoms with E-state index in [4.69, 9.17) is 5.73 Å². The fraction of sp³-hybridized carbons (Fsp3) is 0.533. The molecule has 1 aliphatic heterocycles. The summed E-state index contributed by atoms with van der Waals surface area (Å²) in [6.07, 6.45) is 6.40. The van der Waals surface area contributed by atoms with Crippen molar-refractivity contribution in [2.75, 3.05) is 11.9 Å². The van der Waals surface area contributed by atoms with E-state index >= 15 is 0 Å². The molecule has 0 aromatic heterocycles. The first-order valence-corrected chi connectivity index (χ1v) is 6.83. The molecular weight excluding hydrogens is 224 g/mol. The highest BCUT2D eigenvalue weighted by Crippen LogP contribution is 2.43. The van der Waals surface area contributed by atoms with Crippen molar-refractivity contribution >= 4 is 11.6 Å². The van der Waals surface area contributed by atoms with Crippen LogP contribution in [-0.4, -0.2) is 12.5 Å². The Morgan fingerprint density at radius 3 is 2.78 bits per heavy atom. The van der Waals surface area contributed by atoms with E-state index in [1.54, 1.807) is 0 Å². The lowest BCUT2D eigenvalue weighted by molar-refractivity contribution is -0.116. The van der Waals surface area contributed by atoms with Gasteiger partial charge in [0.15, 0.2) is 0 Å². The maximum atomic E-state index is 11.3. The predicted octanol–water partition coefficient (Wildman–Crippen LogP) is 2.24. The molecule has 1 heterocycles. The SMILES string of the molecule is NCC1(Cc2ccc3c(c2)CCC(=O)N3)CCC1. The van der Waals surface area contributed by atoms with Gasteiger partial charge in [0, 0.05) is 12.1 Å². The number of carbonyl (C=O) groups is 1. The lowest BCUT2D eigenvalue weighted by Gasteiger charge is -2.41. The second-order valence-corrected chi connectivity index (χ2v) is 5.77. The molecule has 1 saturated carbocycles. The minimum Gasteiger partial charge on any atom is -0.330 e. The molecule has 1 amide bonds. The zero-order valence-electron chi connectivity index (χ0n) is 10.7. The smallest absolute Gasteiger partial charge is 0.224 e. The van der Waals surface area contributed by atoms with Crippen molar-refractivity contribution in [1.82, 2.24) is 0 Å². The van der Waals surface area contributed by atoms with E-state index in [9.17, 15) is 4.79 Å². The van der Waals surface area contributed by atoms with Gasteiger partial charge in [0.1, 0.15) is 0 Å². The van der Waals surface area contributed by atoms with E-state index < -0.39 is 0 Å². The molecule has 3 nitrogen and oxygen atoms in total. The van der Waals surface area contributed by atoms with Crippen molar-refractivity contribution in [2.45, 2.75) is 38.5 Å². The van der Waals surface area contributed by atoms with Gasteiger partial charge in [-0.15, -0.1) is 0 Å². The monoisotopic (exact) mass is 244 g/mol. The molecule has 3 N–H and O–H groups in total. The summed E-state index contributed by atoms with van der Waals surface area (Å²) in [6, 6.07) is 6.44. The number of fused-ring (bicyclic) bond motifs is 1. The van der Waals surface area contributed by atoms with Gasteiger partial charge < -0.3 is 11.1 Å². The molecule has 2 aliphatic rings. The van der Waals surface area contributed by atoms with Crippen LogP contribution in [0.4, 0.5) is 5.69 Å². The van der Waals surface area contributed by atoms with Gasteiger partial charge in [-0.3, -0.25) is 4.79 Å². The molecule has 1 aromatic rings. The van der Waals surface area contributed by atoms with E-state index in [2.05, 4.69) is 17.4 Å². The van der Waals surface area contributed by atoms with Crippen LogP contribution in [0.5, 0.6) is 0 Å². The van der Waals surface area contributed by atoms with Crippen molar-refractivity contribution in [3.63, 3.8) is 0 Å². The van der Waals surface area contributed by atoms with Crippen LogP contribution in [0.3, 0.4) is 0 Å². The van der Waals surface area contributed by atoms with Crippen LogP contribution in [-0.2, 0) is 17.6 Å². The van der Waals surface area contributed by atoms with Gasteiger partial charge in [0.2, 0.25) is 5.91 Å². The third-order valence-electron chi connectivity index (χ3n) is 4.49. The van der Waals surface area contributed by atoms with Crippen molar-refractivity contribution in [2.24, 2.45) is 11.1 Å². The lowest BCUT2D eigenvalue weighted by Crippen LogP contribution is -2.39. The summed E-state index contributed by atoms with van der Waals surface area (Å²) in [5.41, 5.74) is 9.91. The summed E-state index contributed by atoms with van der Waals surface area (Å²) in [7, 11) is 0. The Bertz CT molecular complexity index is 472. The molecule has 1 fully saturated rings.